The molecule has 0 saturated heterocycles. The molecule has 5 nitrogen and oxygen atoms in total. The second-order valence-corrected chi connectivity index (χ2v) is 3.68. The largest absolute Gasteiger partial charge is 0.477 e. The number of nitrogens with zero attached hydrogens (tertiary/aromatic N) is 2. The molecule has 0 aliphatic carbocycles. The first-order valence-electron chi connectivity index (χ1n) is 4.71. The normalized spacial score (nSPS) is 10.4. The maximum atomic E-state index is 10.7. The summed E-state index contributed by atoms with van der Waals surface area (Å²) in [5.41, 5.74) is 0.584. The van der Waals surface area contributed by atoms with Gasteiger partial charge in [0.1, 0.15) is 0 Å². The Kier molecular flexibility index (Phi) is 3.60. The van der Waals surface area contributed by atoms with Gasteiger partial charge in [-0.05, 0) is 12.8 Å². The Morgan fingerprint density at radius 2 is 2.20 bits per heavy atom. The van der Waals surface area contributed by atoms with Crippen molar-refractivity contribution in [3.8, 4) is 5.88 Å². The average Bonchev–Trinajstić information content (AvgIpc) is 2.13. The zero-order valence-electron chi connectivity index (χ0n) is 9.02. The molecule has 82 valence electrons. The second-order valence-electron chi connectivity index (χ2n) is 3.68. The van der Waals surface area contributed by atoms with E-state index < -0.39 is 5.97 Å². The number of carboxylic acids is 1. The molecule has 0 saturated carbocycles. The van der Waals surface area contributed by atoms with E-state index in [1.807, 2.05) is 13.8 Å². The summed E-state index contributed by atoms with van der Waals surface area (Å²) in [6, 6.07) is 1.62. The molecular formula is C10H14N2O3. The van der Waals surface area contributed by atoms with Crippen molar-refractivity contribution >= 4 is 5.97 Å². The number of carbonyl (C=O) groups is 1. The van der Waals surface area contributed by atoms with E-state index in [-0.39, 0.29) is 5.82 Å². The van der Waals surface area contributed by atoms with Crippen molar-refractivity contribution in [1.82, 2.24) is 9.97 Å². The van der Waals surface area contributed by atoms with Gasteiger partial charge in [-0.15, -0.1) is 0 Å². The zero-order chi connectivity index (χ0) is 11.4. The van der Waals surface area contributed by atoms with Gasteiger partial charge in [0.2, 0.25) is 11.7 Å². The molecule has 0 fully saturated rings. The molecule has 0 atom stereocenters. The molecule has 0 aliphatic heterocycles. The molecule has 0 aromatic carbocycles. The fourth-order valence-electron chi connectivity index (χ4n) is 0.961. The van der Waals surface area contributed by atoms with Gasteiger partial charge in [0.05, 0.1) is 6.61 Å². The van der Waals surface area contributed by atoms with Crippen molar-refractivity contribution in [1.29, 1.82) is 0 Å². The van der Waals surface area contributed by atoms with Crippen molar-refractivity contribution in [3.05, 3.63) is 17.6 Å². The highest BCUT2D eigenvalue weighted by molar-refractivity contribution is 5.83. The van der Waals surface area contributed by atoms with Gasteiger partial charge in [-0.2, -0.15) is 4.98 Å². The summed E-state index contributed by atoms with van der Waals surface area (Å²) < 4.78 is 5.32. The quantitative estimate of drug-likeness (QED) is 0.815. The van der Waals surface area contributed by atoms with Gasteiger partial charge in [-0.3, -0.25) is 0 Å². The Bertz CT molecular complexity index is 364. The summed E-state index contributed by atoms with van der Waals surface area (Å²) in [6.07, 6.45) is 0. The van der Waals surface area contributed by atoms with Gasteiger partial charge in [0.15, 0.2) is 0 Å². The molecule has 1 rings (SSSR count). The van der Waals surface area contributed by atoms with E-state index in [2.05, 4.69) is 9.97 Å². The first kappa shape index (κ1) is 11.4. The van der Waals surface area contributed by atoms with Crippen LogP contribution in [0.15, 0.2) is 6.07 Å². The van der Waals surface area contributed by atoms with Gasteiger partial charge in [-0.1, -0.05) is 13.8 Å². The predicted molar refractivity (Wildman–Crippen MR) is 54.1 cm³/mol. The lowest BCUT2D eigenvalue weighted by atomic mass is 10.2. The van der Waals surface area contributed by atoms with Crippen LogP contribution in [0.1, 0.15) is 30.2 Å². The van der Waals surface area contributed by atoms with E-state index >= 15 is 0 Å². The third-order valence-electron chi connectivity index (χ3n) is 1.59. The fourth-order valence-corrected chi connectivity index (χ4v) is 0.961. The van der Waals surface area contributed by atoms with Crippen molar-refractivity contribution in [2.75, 3.05) is 6.61 Å². The Morgan fingerprint density at radius 1 is 1.53 bits per heavy atom. The number of aryl methyl sites for hydroxylation is 1. The van der Waals surface area contributed by atoms with Crippen LogP contribution in [0.3, 0.4) is 0 Å². The minimum absolute atomic E-state index is 0.228. The molecule has 0 radical (unpaired) electrons. The van der Waals surface area contributed by atoms with Crippen LogP contribution in [-0.2, 0) is 0 Å². The molecule has 1 N–H and O–H groups in total. The Balaban J connectivity index is 2.84. The SMILES string of the molecule is Cc1cc(OCC(C)C)nc(C(=O)O)n1. The molecule has 0 spiro atoms. The number of carboxylic acid groups (broad SMARTS) is 1. The van der Waals surface area contributed by atoms with Crippen molar-refractivity contribution in [2.24, 2.45) is 5.92 Å². The maximum absolute atomic E-state index is 10.7. The molecule has 0 unspecified atom stereocenters. The van der Waals surface area contributed by atoms with E-state index in [0.29, 0.717) is 24.1 Å². The summed E-state index contributed by atoms with van der Waals surface area (Å²) in [5, 5.41) is 8.73. The van der Waals surface area contributed by atoms with Gasteiger partial charge in [0.25, 0.3) is 0 Å². The third kappa shape index (κ3) is 3.53. The van der Waals surface area contributed by atoms with Crippen LogP contribution in [0.25, 0.3) is 0 Å². The second kappa shape index (κ2) is 4.72. The van der Waals surface area contributed by atoms with Gasteiger partial charge in [-0.25, -0.2) is 9.78 Å². The smallest absolute Gasteiger partial charge is 0.374 e. The van der Waals surface area contributed by atoms with Crippen LogP contribution in [0.2, 0.25) is 0 Å². The van der Waals surface area contributed by atoms with Gasteiger partial charge >= 0.3 is 5.97 Å². The van der Waals surface area contributed by atoms with E-state index in [1.54, 1.807) is 13.0 Å². The van der Waals surface area contributed by atoms with E-state index in [9.17, 15) is 4.79 Å². The molecular weight excluding hydrogens is 196 g/mol. The first-order chi connectivity index (χ1) is 6.99. The highest BCUT2D eigenvalue weighted by Gasteiger charge is 2.10. The summed E-state index contributed by atoms with van der Waals surface area (Å²) in [6.45, 7) is 6.23. The molecule has 0 aliphatic rings. The number of ether oxygens (including phenoxy) is 1. The summed E-state index contributed by atoms with van der Waals surface area (Å²) in [4.78, 5) is 18.2. The summed E-state index contributed by atoms with van der Waals surface area (Å²) in [5.74, 6) is -0.691. The lowest BCUT2D eigenvalue weighted by Gasteiger charge is -2.08. The number of hydrogen-bond donors (Lipinski definition) is 1. The summed E-state index contributed by atoms with van der Waals surface area (Å²) in [7, 11) is 0. The molecule has 1 aromatic rings. The zero-order valence-corrected chi connectivity index (χ0v) is 9.02. The summed E-state index contributed by atoms with van der Waals surface area (Å²) >= 11 is 0. The van der Waals surface area contributed by atoms with Crippen LogP contribution < -0.4 is 4.74 Å². The predicted octanol–water partition coefficient (Wildman–Crippen LogP) is 1.52. The fraction of sp³-hybridized carbons (Fsp3) is 0.500. The first-order valence-corrected chi connectivity index (χ1v) is 4.71. The molecule has 1 aromatic heterocycles. The van der Waals surface area contributed by atoms with Crippen LogP contribution >= 0.6 is 0 Å². The topological polar surface area (TPSA) is 72.3 Å². The van der Waals surface area contributed by atoms with Crippen molar-refractivity contribution in [2.45, 2.75) is 20.8 Å². The molecule has 15 heavy (non-hydrogen) atoms. The molecule has 5 heteroatoms. The third-order valence-corrected chi connectivity index (χ3v) is 1.59. The minimum atomic E-state index is -1.15. The maximum Gasteiger partial charge on any atom is 0.374 e. The van der Waals surface area contributed by atoms with Crippen LogP contribution in [-0.4, -0.2) is 27.7 Å². The van der Waals surface area contributed by atoms with Gasteiger partial charge in [0, 0.05) is 11.8 Å². The van der Waals surface area contributed by atoms with E-state index in [0.717, 1.165) is 0 Å². The van der Waals surface area contributed by atoms with Crippen LogP contribution in [0, 0.1) is 12.8 Å². The number of rotatable bonds is 4. The lowest BCUT2D eigenvalue weighted by molar-refractivity contribution is 0.0681. The Labute approximate surface area is 88.1 Å². The molecule has 0 bridgehead atoms. The molecule has 0 amide bonds. The molecule has 1 heterocycles. The minimum Gasteiger partial charge on any atom is -0.477 e. The van der Waals surface area contributed by atoms with Crippen LogP contribution in [0.4, 0.5) is 0 Å². The Morgan fingerprint density at radius 3 is 2.73 bits per heavy atom. The standard InChI is InChI=1S/C10H14N2O3/c1-6(2)5-15-8-4-7(3)11-9(12-8)10(13)14/h4,6H,5H2,1-3H3,(H,13,14). The highest BCUT2D eigenvalue weighted by atomic mass is 16.5. The van der Waals surface area contributed by atoms with E-state index in [1.165, 1.54) is 0 Å². The average molecular weight is 210 g/mol. The van der Waals surface area contributed by atoms with Crippen molar-refractivity contribution < 1.29 is 14.6 Å². The lowest BCUT2D eigenvalue weighted by Crippen LogP contribution is -2.10. The number of aromatic nitrogens is 2. The van der Waals surface area contributed by atoms with E-state index in [4.69, 9.17) is 9.84 Å². The number of hydrogen-bond acceptors (Lipinski definition) is 4. The van der Waals surface area contributed by atoms with Crippen LogP contribution in [0.5, 0.6) is 5.88 Å². The monoisotopic (exact) mass is 210 g/mol. The Hall–Kier alpha value is -1.65. The highest BCUT2D eigenvalue weighted by Crippen LogP contribution is 2.10. The van der Waals surface area contributed by atoms with Gasteiger partial charge < -0.3 is 9.84 Å². The van der Waals surface area contributed by atoms with Crippen molar-refractivity contribution in [3.63, 3.8) is 0 Å². The number of aromatic carboxylic acids is 1.